The molecule has 7 heteroatoms. The van der Waals surface area contributed by atoms with Crippen LogP contribution < -0.4 is 0 Å². The highest BCUT2D eigenvalue weighted by molar-refractivity contribution is 7.99. The van der Waals surface area contributed by atoms with Crippen molar-refractivity contribution in [1.29, 1.82) is 0 Å². The third-order valence-electron chi connectivity index (χ3n) is 5.40. The fourth-order valence-electron chi connectivity index (χ4n) is 3.90. The Morgan fingerprint density at radius 3 is 2.77 bits per heavy atom. The lowest BCUT2D eigenvalue weighted by atomic mass is 9.88. The zero-order valence-electron chi connectivity index (χ0n) is 17.5. The number of carboxylic acids is 1. The number of ether oxygens (including phenoxy) is 1. The topological polar surface area (TPSA) is 104 Å². The standard InChI is InChI=1S/C23H32O6S/c1-29-15-17-5-2-4-16(12-17)13-18(24)7-8-19-20(22(26)14-21(19)25)9-11-30-10-3-6-23(27)28/h2,4-5,7,12,19-21,24-25H,3,6,8-11,13-15H2,1H3,(H,27,28)/t19-,20-,21-/m1/s1. The van der Waals surface area contributed by atoms with Crippen LogP contribution in [-0.4, -0.2) is 51.8 Å². The van der Waals surface area contributed by atoms with E-state index in [0.717, 1.165) is 22.6 Å². The van der Waals surface area contributed by atoms with Gasteiger partial charge in [0.2, 0.25) is 0 Å². The predicted molar refractivity (Wildman–Crippen MR) is 118 cm³/mol. The number of hydrogen-bond donors (Lipinski definition) is 3. The van der Waals surface area contributed by atoms with Crippen molar-refractivity contribution in [3.63, 3.8) is 0 Å². The van der Waals surface area contributed by atoms with E-state index >= 15 is 0 Å². The van der Waals surface area contributed by atoms with Crippen LogP contribution in [0.2, 0.25) is 0 Å². The molecule has 1 saturated carbocycles. The molecule has 0 radical (unpaired) electrons. The molecular formula is C23H32O6S. The van der Waals surface area contributed by atoms with Crippen LogP contribution in [0.1, 0.15) is 43.2 Å². The Balaban J connectivity index is 1.85. The van der Waals surface area contributed by atoms with E-state index in [2.05, 4.69) is 0 Å². The van der Waals surface area contributed by atoms with Gasteiger partial charge in [0.1, 0.15) is 5.78 Å². The number of carbonyl (C=O) groups excluding carboxylic acids is 1. The van der Waals surface area contributed by atoms with Gasteiger partial charge in [0.05, 0.1) is 18.5 Å². The predicted octanol–water partition coefficient (Wildman–Crippen LogP) is 3.76. The fraction of sp³-hybridized carbons (Fsp3) is 0.565. The number of aliphatic carboxylic acids is 1. The summed E-state index contributed by atoms with van der Waals surface area (Å²) in [6.07, 6.45) is 3.54. The summed E-state index contributed by atoms with van der Waals surface area (Å²) in [4.78, 5) is 22.8. The van der Waals surface area contributed by atoms with Gasteiger partial charge in [-0.25, -0.2) is 0 Å². The minimum atomic E-state index is -0.790. The molecule has 0 bridgehead atoms. The highest BCUT2D eigenvalue weighted by Crippen LogP contribution is 2.35. The molecule has 0 unspecified atom stereocenters. The molecule has 0 aliphatic heterocycles. The summed E-state index contributed by atoms with van der Waals surface area (Å²) in [6.45, 7) is 0.519. The fourth-order valence-corrected chi connectivity index (χ4v) is 4.87. The SMILES string of the molecule is COCc1cccc(CC(O)=CC[C@H]2[C@H](O)CC(=O)[C@@H]2CCSCCCC(=O)O)c1. The van der Waals surface area contributed by atoms with E-state index in [1.807, 2.05) is 24.3 Å². The van der Waals surface area contributed by atoms with Gasteiger partial charge in [-0.1, -0.05) is 24.3 Å². The van der Waals surface area contributed by atoms with Gasteiger partial charge in [0, 0.05) is 32.3 Å². The summed E-state index contributed by atoms with van der Waals surface area (Å²) in [6, 6.07) is 7.84. The number of aliphatic hydroxyl groups excluding tert-OH is 2. The van der Waals surface area contributed by atoms with Crippen molar-refractivity contribution in [2.24, 2.45) is 11.8 Å². The zero-order valence-corrected chi connectivity index (χ0v) is 18.3. The number of methoxy groups -OCH3 is 1. The highest BCUT2D eigenvalue weighted by Gasteiger charge is 2.40. The van der Waals surface area contributed by atoms with Crippen molar-refractivity contribution in [2.45, 2.75) is 51.2 Å². The maximum absolute atomic E-state index is 12.3. The number of benzene rings is 1. The third-order valence-corrected chi connectivity index (χ3v) is 6.50. The number of thioether (sulfide) groups is 1. The first-order valence-corrected chi connectivity index (χ1v) is 11.5. The van der Waals surface area contributed by atoms with Crippen LogP contribution in [0, 0.1) is 11.8 Å². The van der Waals surface area contributed by atoms with Gasteiger partial charge in [-0.3, -0.25) is 9.59 Å². The van der Waals surface area contributed by atoms with Crippen molar-refractivity contribution in [2.75, 3.05) is 18.6 Å². The largest absolute Gasteiger partial charge is 0.512 e. The molecule has 0 aromatic heterocycles. The molecule has 2 rings (SSSR count). The summed E-state index contributed by atoms with van der Waals surface area (Å²) < 4.78 is 5.14. The molecule has 1 fully saturated rings. The van der Waals surface area contributed by atoms with Gasteiger partial charge in [0.25, 0.3) is 0 Å². The Bertz CT molecular complexity index is 732. The first-order chi connectivity index (χ1) is 14.4. The smallest absolute Gasteiger partial charge is 0.303 e. The number of rotatable bonds is 13. The number of Topliss-reactive ketones (excluding diaryl/α,β-unsaturated/α-hetero) is 1. The molecule has 0 heterocycles. The quantitative estimate of drug-likeness (QED) is 0.319. The molecule has 0 saturated heterocycles. The number of carboxylic acid groups (broad SMARTS) is 1. The maximum atomic E-state index is 12.3. The molecule has 166 valence electrons. The molecule has 1 aromatic rings. The summed E-state index contributed by atoms with van der Waals surface area (Å²) >= 11 is 1.65. The first kappa shape index (κ1) is 24.4. The third kappa shape index (κ3) is 8.13. The van der Waals surface area contributed by atoms with E-state index in [1.54, 1.807) is 24.9 Å². The van der Waals surface area contributed by atoms with Gasteiger partial charge in [0.15, 0.2) is 0 Å². The van der Waals surface area contributed by atoms with Crippen LogP contribution in [0.15, 0.2) is 36.1 Å². The number of aliphatic hydroxyl groups is 2. The average Bonchev–Trinajstić information content (AvgIpc) is 2.95. The van der Waals surface area contributed by atoms with Gasteiger partial charge < -0.3 is 20.1 Å². The summed E-state index contributed by atoms with van der Waals surface area (Å²) in [5, 5.41) is 29.3. The Labute approximate surface area is 182 Å². The average molecular weight is 437 g/mol. The number of hydrogen-bond acceptors (Lipinski definition) is 6. The zero-order chi connectivity index (χ0) is 21.9. The van der Waals surface area contributed by atoms with Crippen molar-refractivity contribution >= 4 is 23.5 Å². The maximum Gasteiger partial charge on any atom is 0.303 e. The van der Waals surface area contributed by atoms with Crippen LogP contribution in [0.25, 0.3) is 0 Å². The lowest BCUT2D eigenvalue weighted by Crippen LogP contribution is -2.21. The number of allylic oxidation sites excluding steroid dienone is 2. The highest BCUT2D eigenvalue weighted by atomic mass is 32.2. The number of ketones is 1. The normalized spacial score (nSPS) is 21.9. The second kappa shape index (κ2) is 12.8. The van der Waals surface area contributed by atoms with E-state index in [9.17, 15) is 19.8 Å². The van der Waals surface area contributed by atoms with E-state index in [1.165, 1.54) is 0 Å². The molecule has 0 amide bonds. The molecular weight excluding hydrogens is 404 g/mol. The number of carbonyl (C=O) groups is 2. The van der Waals surface area contributed by atoms with Crippen molar-refractivity contribution in [1.82, 2.24) is 0 Å². The molecule has 6 nitrogen and oxygen atoms in total. The van der Waals surface area contributed by atoms with Crippen molar-refractivity contribution in [3.8, 4) is 0 Å². The molecule has 3 atom stereocenters. The van der Waals surface area contributed by atoms with Gasteiger partial charge in [-0.05, 0) is 53.9 Å². The summed E-state index contributed by atoms with van der Waals surface area (Å²) in [5.74, 6) is 0.656. The van der Waals surface area contributed by atoms with E-state index in [4.69, 9.17) is 9.84 Å². The minimum absolute atomic E-state index is 0.0822. The van der Waals surface area contributed by atoms with E-state index in [-0.39, 0.29) is 36.2 Å². The lowest BCUT2D eigenvalue weighted by molar-refractivity contribution is -0.137. The molecule has 1 aliphatic rings. The van der Waals surface area contributed by atoms with Crippen molar-refractivity contribution in [3.05, 3.63) is 47.2 Å². The Morgan fingerprint density at radius 2 is 2.03 bits per heavy atom. The van der Waals surface area contributed by atoms with Crippen LogP contribution in [0.4, 0.5) is 0 Å². The summed E-state index contributed by atoms with van der Waals surface area (Å²) in [5.41, 5.74) is 2.02. The van der Waals surface area contributed by atoms with E-state index < -0.39 is 12.1 Å². The van der Waals surface area contributed by atoms with Crippen LogP contribution >= 0.6 is 11.8 Å². The molecule has 1 aromatic carbocycles. The van der Waals surface area contributed by atoms with Gasteiger partial charge in [-0.15, -0.1) is 0 Å². The Kier molecular flexibility index (Phi) is 10.4. The second-order valence-electron chi connectivity index (χ2n) is 7.77. The molecule has 1 aliphatic carbocycles. The summed E-state index contributed by atoms with van der Waals surface area (Å²) in [7, 11) is 1.64. The Morgan fingerprint density at radius 1 is 1.27 bits per heavy atom. The monoisotopic (exact) mass is 436 g/mol. The van der Waals surface area contributed by atoms with Gasteiger partial charge >= 0.3 is 5.97 Å². The van der Waals surface area contributed by atoms with Crippen LogP contribution in [0.5, 0.6) is 0 Å². The molecule has 30 heavy (non-hydrogen) atoms. The van der Waals surface area contributed by atoms with Crippen LogP contribution in [-0.2, 0) is 27.4 Å². The second-order valence-corrected chi connectivity index (χ2v) is 8.99. The molecule has 3 N–H and O–H groups in total. The van der Waals surface area contributed by atoms with Crippen molar-refractivity contribution < 1.29 is 29.6 Å². The minimum Gasteiger partial charge on any atom is -0.512 e. The van der Waals surface area contributed by atoms with E-state index in [0.29, 0.717) is 32.3 Å². The molecule has 0 spiro atoms. The van der Waals surface area contributed by atoms with Gasteiger partial charge in [-0.2, -0.15) is 11.8 Å². The lowest BCUT2D eigenvalue weighted by Gasteiger charge is -2.19. The Hall–Kier alpha value is -1.83. The first-order valence-electron chi connectivity index (χ1n) is 10.4. The van der Waals surface area contributed by atoms with Crippen LogP contribution in [0.3, 0.4) is 0 Å².